The molecule has 0 saturated carbocycles. The zero-order valence-electron chi connectivity index (χ0n) is 46.2. The van der Waals surface area contributed by atoms with Crippen LogP contribution in [-0.2, 0) is 54.5 Å². The van der Waals surface area contributed by atoms with E-state index in [1.54, 1.807) is 24.6 Å². The van der Waals surface area contributed by atoms with Gasteiger partial charge >= 0.3 is 18.1 Å². The number of imide groups is 1. The molecule has 82 heavy (non-hydrogen) atoms. The van der Waals surface area contributed by atoms with Crippen LogP contribution in [0.2, 0.25) is 0 Å². The number of nitrogens with one attached hydrogen (secondary N) is 5. The van der Waals surface area contributed by atoms with Crippen LogP contribution in [0.4, 0.5) is 22.0 Å². The lowest BCUT2D eigenvalue weighted by Crippen LogP contribution is -2.56. The second-order valence-electron chi connectivity index (χ2n) is 20.5. The first-order chi connectivity index (χ1) is 38.3. The number of carbonyl (C=O) groups excluding carboxylic acids is 8. The summed E-state index contributed by atoms with van der Waals surface area (Å²) in [6, 6.07) is 6.47. The van der Waals surface area contributed by atoms with Crippen LogP contribution >= 0.6 is 0 Å². The summed E-state index contributed by atoms with van der Waals surface area (Å²) in [5.41, 5.74) is 6.38. The highest BCUT2D eigenvalue weighted by Crippen LogP contribution is 2.39. The molecule has 1 aromatic heterocycles. The van der Waals surface area contributed by atoms with Crippen LogP contribution in [0.25, 0.3) is 11.3 Å². The van der Waals surface area contributed by atoms with Crippen LogP contribution in [0.5, 0.6) is 0 Å². The van der Waals surface area contributed by atoms with Crippen molar-refractivity contribution in [3.05, 3.63) is 89.9 Å². The number of nitrogens with two attached hydrogens (primary N) is 1. The maximum absolute atomic E-state index is 15.1. The van der Waals surface area contributed by atoms with Crippen molar-refractivity contribution in [3.63, 3.8) is 0 Å². The van der Waals surface area contributed by atoms with Crippen LogP contribution in [0.15, 0.2) is 66.9 Å². The minimum absolute atomic E-state index is 0.0696. The van der Waals surface area contributed by atoms with Gasteiger partial charge in [-0.3, -0.25) is 43.3 Å². The Morgan fingerprint density at radius 3 is 1.96 bits per heavy atom. The molecule has 2 aromatic carbocycles. The van der Waals surface area contributed by atoms with Crippen molar-refractivity contribution in [2.75, 3.05) is 32.8 Å². The molecule has 28 heteroatoms. The summed E-state index contributed by atoms with van der Waals surface area (Å²) in [6.45, 7) is 9.52. The minimum atomic E-state index is -5.08. The average Bonchev–Trinajstić information content (AvgIpc) is 4.18. The average molecular weight is 1160 g/mol. The van der Waals surface area contributed by atoms with E-state index >= 15 is 4.39 Å². The van der Waals surface area contributed by atoms with Crippen molar-refractivity contribution < 1.29 is 85.2 Å². The maximum Gasteiger partial charge on any atom is 0.490 e. The zero-order chi connectivity index (χ0) is 61.6. The largest absolute Gasteiger partial charge is 0.490 e. The Labute approximate surface area is 469 Å². The van der Waals surface area contributed by atoms with Crippen LogP contribution in [0.3, 0.4) is 0 Å². The number of aliphatic hydroxyl groups is 1. The fourth-order valence-electron chi connectivity index (χ4n) is 8.24. The summed E-state index contributed by atoms with van der Waals surface area (Å²) in [5.74, 6) is -10.3. The van der Waals surface area contributed by atoms with Crippen molar-refractivity contribution in [2.45, 2.75) is 129 Å². The van der Waals surface area contributed by atoms with Gasteiger partial charge in [-0.2, -0.15) is 13.2 Å². The number of hydrogen-bond acceptors (Lipinski definition) is 13. The maximum atomic E-state index is 15.1. The molecule has 0 aliphatic carbocycles. The van der Waals surface area contributed by atoms with Gasteiger partial charge in [-0.05, 0) is 67.7 Å². The van der Waals surface area contributed by atoms with E-state index in [9.17, 15) is 70.9 Å². The summed E-state index contributed by atoms with van der Waals surface area (Å²) < 4.78 is 62.9. The Morgan fingerprint density at radius 2 is 1.39 bits per heavy atom. The highest BCUT2D eigenvalue weighted by molar-refractivity contribution is 6.12. The molecule has 3 aromatic rings. The number of aromatic nitrogens is 2. The number of benzene rings is 2. The summed E-state index contributed by atoms with van der Waals surface area (Å²) in [5, 5.41) is 39.7. The molecular weight excluding hydrogens is 1090 g/mol. The smallest absolute Gasteiger partial charge is 0.480 e. The summed E-state index contributed by atoms with van der Waals surface area (Å²) in [7, 11) is 0. The Hall–Kier alpha value is -8.14. The van der Waals surface area contributed by atoms with E-state index in [4.69, 9.17) is 20.6 Å². The van der Waals surface area contributed by atoms with Crippen LogP contribution < -0.4 is 32.3 Å². The predicted octanol–water partition coefficient (Wildman–Crippen LogP) is 2.85. The van der Waals surface area contributed by atoms with Gasteiger partial charge in [0.05, 0.1) is 17.8 Å². The van der Waals surface area contributed by atoms with Crippen LogP contribution in [0.1, 0.15) is 104 Å². The number of alkyl halides is 3. The van der Waals surface area contributed by atoms with Crippen molar-refractivity contribution in [3.8, 4) is 11.3 Å². The molecule has 4 unspecified atom stereocenters. The molecule has 0 bridgehead atoms. The van der Waals surface area contributed by atoms with Gasteiger partial charge in [0.1, 0.15) is 42.2 Å². The zero-order valence-corrected chi connectivity index (χ0v) is 46.2. The molecule has 0 radical (unpaired) electrons. The van der Waals surface area contributed by atoms with Gasteiger partial charge in [-0.15, -0.1) is 0 Å². The SMILES string of the molecule is CC(NC(=O)[C@@H](NC(=O)CCCCCN1C(=O)C=CC1=O)C(C)C)C(=O)NC(CCC(=O)NCCNC(=O)C(N)CCN(C(=O)CO)C(c1nc(-c2cc(F)ccc2F)cn1Cc1ccccc1)C(C)(C)C)C(=O)O.O=C(O)C(F)(F)F. The standard InChI is InChI=1S/C52H70F2N10O11.C2HF3O2/c1-31(2)45(61-41(67)15-11-8-12-25-63-42(68)20-21-43(63)69)50(73)58-32(3)48(71)60-38(51(74)75)18-19-40(66)56-23-24-57-49(72)37(55)22-26-64(44(70)30-65)46(52(4,5)6)47-59-39(35-27-34(53)16-17-36(35)54)29-62(47)28-33-13-9-7-10-14-33;3-2(4,5)1(6)7/h7,9-10,13-14,16-17,20-21,27,29,31-32,37-38,45-46,65H,8,11-12,15,18-19,22-26,28,30,55H2,1-6H3,(H,56,66)(H,57,72)(H,58,73)(H,60,71)(H,61,67)(H,74,75);(H,6,7)/t32?,37?,38?,45-,46?;/m0./s1. The van der Waals surface area contributed by atoms with Gasteiger partial charge in [-0.1, -0.05) is 71.4 Å². The lowest BCUT2D eigenvalue weighted by Gasteiger charge is -2.40. The number of carbonyl (C=O) groups is 10. The second-order valence-corrected chi connectivity index (χ2v) is 20.5. The van der Waals surface area contributed by atoms with Crippen molar-refractivity contribution >= 4 is 59.2 Å². The van der Waals surface area contributed by atoms with E-state index in [2.05, 4.69) is 26.6 Å². The summed E-state index contributed by atoms with van der Waals surface area (Å²) in [6.07, 6.45) is -0.335. The van der Waals surface area contributed by atoms with E-state index in [0.29, 0.717) is 25.1 Å². The Kier molecular flexibility index (Phi) is 26.4. The number of carboxylic acids is 2. The molecule has 1 aliphatic heterocycles. The molecule has 4 rings (SSSR count). The molecule has 1 aliphatic rings. The third-order valence-corrected chi connectivity index (χ3v) is 12.5. The normalized spacial score (nSPS) is 14.1. The van der Waals surface area contributed by atoms with Crippen molar-refractivity contribution in [1.82, 2.24) is 45.9 Å². The molecule has 8 amide bonds. The quantitative estimate of drug-likeness (QED) is 0.0274. The first-order valence-electron chi connectivity index (χ1n) is 26.1. The number of carboxylic acid groups (broad SMARTS) is 2. The Balaban J connectivity index is 0.00000236. The molecule has 10 N–H and O–H groups in total. The monoisotopic (exact) mass is 1160 g/mol. The van der Waals surface area contributed by atoms with Crippen LogP contribution in [-0.4, -0.2) is 157 Å². The second kappa shape index (κ2) is 31.7. The lowest BCUT2D eigenvalue weighted by atomic mass is 9.84. The number of hydrogen-bond donors (Lipinski definition) is 9. The van der Waals surface area contributed by atoms with Crippen LogP contribution in [0, 0.1) is 23.0 Å². The van der Waals surface area contributed by atoms with Gasteiger partial charge in [0, 0.05) is 69.5 Å². The Morgan fingerprint density at radius 1 is 0.768 bits per heavy atom. The third kappa shape index (κ3) is 21.7. The molecule has 0 fully saturated rings. The van der Waals surface area contributed by atoms with E-state index < -0.39 is 107 Å². The first kappa shape index (κ1) is 68.1. The fraction of sp³-hybridized carbons (Fsp3) is 0.500. The van der Waals surface area contributed by atoms with Gasteiger partial charge in [0.15, 0.2) is 0 Å². The summed E-state index contributed by atoms with van der Waals surface area (Å²) in [4.78, 5) is 130. The molecular formula is C54H71F5N10O13. The minimum Gasteiger partial charge on any atom is -0.480 e. The number of amides is 8. The summed E-state index contributed by atoms with van der Waals surface area (Å²) >= 11 is 0. The predicted molar refractivity (Wildman–Crippen MR) is 284 cm³/mol. The number of aliphatic carboxylic acids is 2. The number of aliphatic hydroxyl groups excluding tert-OH is 1. The van der Waals surface area contributed by atoms with Crippen molar-refractivity contribution in [1.29, 1.82) is 0 Å². The van der Waals surface area contributed by atoms with Crippen molar-refractivity contribution in [2.24, 2.45) is 17.1 Å². The van der Waals surface area contributed by atoms with E-state index in [-0.39, 0.29) is 87.4 Å². The highest BCUT2D eigenvalue weighted by Gasteiger charge is 2.40. The molecule has 450 valence electrons. The number of unbranched alkanes of at least 4 members (excludes halogenated alkanes) is 2. The van der Waals surface area contributed by atoms with Gasteiger partial charge in [0.2, 0.25) is 35.4 Å². The fourth-order valence-corrected chi connectivity index (χ4v) is 8.24. The number of imidazole rings is 1. The lowest BCUT2D eigenvalue weighted by molar-refractivity contribution is -0.192. The Bertz CT molecular complexity index is 2750. The third-order valence-electron chi connectivity index (χ3n) is 12.5. The highest BCUT2D eigenvalue weighted by atomic mass is 19.4. The topological polar surface area (TPSA) is 342 Å². The molecule has 2 heterocycles. The number of nitrogens with zero attached hydrogens (tertiary/aromatic N) is 4. The van der Waals surface area contributed by atoms with Gasteiger partial charge in [0.25, 0.3) is 11.8 Å². The van der Waals surface area contributed by atoms with E-state index in [1.807, 2.05) is 51.1 Å². The molecule has 0 saturated heterocycles. The van der Waals surface area contributed by atoms with Gasteiger partial charge in [-0.25, -0.2) is 23.4 Å². The molecule has 0 spiro atoms. The van der Waals surface area contributed by atoms with E-state index in [1.165, 1.54) is 24.0 Å². The number of rotatable bonds is 29. The first-order valence-corrected chi connectivity index (χ1v) is 26.1. The molecule has 23 nitrogen and oxygen atoms in total. The van der Waals surface area contributed by atoms with Gasteiger partial charge < -0.3 is 57.1 Å². The number of halogens is 5. The van der Waals surface area contributed by atoms with E-state index in [0.717, 1.165) is 28.7 Å². The molecule has 5 atom stereocenters.